The van der Waals surface area contributed by atoms with Gasteiger partial charge in [0.15, 0.2) is 0 Å². The first kappa shape index (κ1) is 12.1. The van der Waals surface area contributed by atoms with E-state index in [-0.39, 0.29) is 6.04 Å². The molecule has 0 bridgehead atoms. The summed E-state index contributed by atoms with van der Waals surface area (Å²) >= 11 is 1.49. The normalized spacial score (nSPS) is 12.7. The number of nitrogens with one attached hydrogen (secondary N) is 1. The van der Waals surface area contributed by atoms with Crippen LogP contribution in [0, 0.1) is 18.6 Å². The third-order valence-electron chi connectivity index (χ3n) is 2.49. The molecular formula is C12H12F2N2S. The van der Waals surface area contributed by atoms with Crippen LogP contribution in [0.2, 0.25) is 0 Å². The van der Waals surface area contributed by atoms with Crippen molar-refractivity contribution in [2.75, 3.05) is 7.05 Å². The quantitative estimate of drug-likeness (QED) is 0.910. The maximum absolute atomic E-state index is 13.7. The van der Waals surface area contributed by atoms with Crippen molar-refractivity contribution in [2.45, 2.75) is 13.0 Å². The number of rotatable bonds is 3. The van der Waals surface area contributed by atoms with Gasteiger partial charge in [0.05, 0.1) is 11.0 Å². The number of benzene rings is 1. The van der Waals surface area contributed by atoms with Crippen LogP contribution < -0.4 is 5.32 Å². The molecule has 0 fully saturated rings. The van der Waals surface area contributed by atoms with Crippen LogP contribution in [0.1, 0.15) is 21.5 Å². The van der Waals surface area contributed by atoms with Crippen molar-refractivity contribution in [3.63, 3.8) is 0 Å². The molecule has 1 aromatic carbocycles. The Morgan fingerprint density at radius 2 is 2.12 bits per heavy atom. The minimum atomic E-state index is -0.568. The van der Waals surface area contributed by atoms with Gasteiger partial charge < -0.3 is 5.32 Å². The maximum atomic E-state index is 13.7. The molecule has 5 heteroatoms. The zero-order chi connectivity index (χ0) is 12.4. The van der Waals surface area contributed by atoms with Gasteiger partial charge in [0.1, 0.15) is 11.6 Å². The number of nitrogens with zero attached hydrogens (tertiary/aromatic N) is 1. The molecule has 0 radical (unpaired) electrons. The third-order valence-corrected chi connectivity index (χ3v) is 3.46. The van der Waals surface area contributed by atoms with Crippen molar-refractivity contribution in [3.05, 3.63) is 51.5 Å². The number of aryl methyl sites for hydroxylation is 1. The highest BCUT2D eigenvalue weighted by Crippen LogP contribution is 2.28. The highest BCUT2D eigenvalue weighted by molar-refractivity contribution is 7.11. The Bertz CT molecular complexity index is 525. The van der Waals surface area contributed by atoms with Crippen molar-refractivity contribution >= 4 is 11.3 Å². The Hall–Kier alpha value is -1.33. The topological polar surface area (TPSA) is 24.9 Å². The summed E-state index contributed by atoms with van der Waals surface area (Å²) in [5, 5.41) is 3.94. The maximum Gasteiger partial charge on any atom is 0.131 e. The highest BCUT2D eigenvalue weighted by atomic mass is 32.1. The fraction of sp³-hybridized carbons (Fsp3) is 0.250. The first-order valence-corrected chi connectivity index (χ1v) is 5.98. The Morgan fingerprint density at radius 3 is 2.65 bits per heavy atom. The molecule has 2 nitrogen and oxygen atoms in total. The molecule has 0 aliphatic rings. The average Bonchev–Trinajstić information content (AvgIpc) is 2.69. The summed E-state index contributed by atoms with van der Waals surface area (Å²) in [6.45, 7) is 1.89. The third kappa shape index (κ3) is 2.50. The van der Waals surface area contributed by atoms with E-state index in [0.29, 0.717) is 5.56 Å². The summed E-state index contributed by atoms with van der Waals surface area (Å²) in [7, 11) is 1.74. The standard InChI is InChI=1S/C12H12F2N2S/c1-7-16-6-11(17-7)12(15-2)9-4-3-8(13)5-10(9)14/h3-6,12,15H,1-2H3. The van der Waals surface area contributed by atoms with Crippen LogP contribution in [-0.2, 0) is 0 Å². The van der Waals surface area contributed by atoms with Gasteiger partial charge in [-0.1, -0.05) is 6.07 Å². The second kappa shape index (κ2) is 4.89. The summed E-state index contributed by atoms with van der Waals surface area (Å²) in [5.74, 6) is -1.11. The first-order valence-electron chi connectivity index (χ1n) is 5.16. The van der Waals surface area contributed by atoms with Gasteiger partial charge in [-0.2, -0.15) is 0 Å². The second-order valence-corrected chi connectivity index (χ2v) is 4.94. The van der Waals surface area contributed by atoms with Crippen molar-refractivity contribution in [2.24, 2.45) is 0 Å². The lowest BCUT2D eigenvalue weighted by atomic mass is 10.1. The van der Waals surface area contributed by atoms with Gasteiger partial charge in [-0.3, -0.25) is 0 Å². The number of thiazole rings is 1. The van der Waals surface area contributed by atoms with E-state index in [1.807, 2.05) is 6.92 Å². The molecule has 0 aliphatic carbocycles. The van der Waals surface area contributed by atoms with Crippen molar-refractivity contribution < 1.29 is 8.78 Å². The molecule has 17 heavy (non-hydrogen) atoms. The van der Waals surface area contributed by atoms with Crippen LogP contribution in [0.4, 0.5) is 8.78 Å². The predicted molar refractivity (Wildman–Crippen MR) is 64.1 cm³/mol. The fourth-order valence-electron chi connectivity index (χ4n) is 1.70. The summed E-state index contributed by atoms with van der Waals surface area (Å²) < 4.78 is 26.5. The van der Waals surface area contributed by atoms with E-state index in [2.05, 4.69) is 10.3 Å². The van der Waals surface area contributed by atoms with Gasteiger partial charge in [-0.05, 0) is 20.0 Å². The van der Waals surface area contributed by atoms with Gasteiger partial charge >= 0.3 is 0 Å². The van der Waals surface area contributed by atoms with E-state index in [4.69, 9.17) is 0 Å². The molecule has 2 rings (SSSR count). The van der Waals surface area contributed by atoms with E-state index in [0.717, 1.165) is 16.0 Å². The van der Waals surface area contributed by atoms with Gasteiger partial charge in [0.2, 0.25) is 0 Å². The minimum Gasteiger partial charge on any atom is -0.309 e. The van der Waals surface area contributed by atoms with E-state index >= 15 is 0 Å². The largest absolute Gasteiger partial charge is 0.309 e. The molecule has 0 amide bonds. The molecule has 90 valence electrons. The summed E-state index contributed by atoms with van der Waals surface area (Å²) in [6, 6.07) is 3.33. The Morgan fingerprint density at radius 1 is 1.35 bits per heavy atom. The van der Waals surface area contributed by atoms with Crippen LogP contribution >= 0.6 is 11.3 Å². The molecule has 1 atom stereocenters. The van der Waals surface area contributed by atoms with E-state index < -0.39 is 11.6 Å². The number of halogens is 2. The highest BCUT2D eigenvalue weighted by Gasteiger charge is 2.18. The second-order valence-electron chi connectivity index (χ2n) is 3.67. The molecule has 2 aromatic rings. The zero-order valence-electron chi connectivity index (χ0n) is 9.50. The summed E-state index contributed by atoms with van der Waals surface area (Å²) in [5.41, 5.74) is 0.428. The number of hydrogen-bond donors (Lipinski definition) is 1. The molecule has 1 unspecified atom stereocenters. The smallest absolute Gasteiger partial charge is 0.131 e. The Labute approximate surface area is 102 Å². The lowest BCUT2D eigenvalue weighted by Crippen LogP contribution is -2.18. The fourth-order valence-corrected chi connectivity index (χ4v) is 2.61. The van der Waals surface area contributed by atoms with Crippen LogP contribution in [-0.4, -0.2) is 12.0 Å². The Kier molecular flexibility index (Phi) is 3.49. The zero-order valence-corrected chi connectivity index (χ0v) is 10.3. The molecule has 1 aromatic heterocycles. The van der Waals surface area contributed by atoms with Crippen molar-refractivity contribution in [3.8, 4) is 0 Å². The van der Waals surface area contributed by atoms with Gasteiger partial charge in [0.25, 0.3) is 0 Å². The Balaban J connectivity index is 2.42. The van der Waals surface area contributed by atoms with E-state index in [1.54, 1.807) is 13.2 Å². The van der Waals surface area contributed by atoms with Gasteiger partial charge in [-0.15, -0.1) is 11.3 Å². The number of aromatic nitrogens is 1. The van der Waals surface area contributed by atoms with Gasteiger partial charge in [-0.25, -0.2) is 13.8 Å². The summed E-state index contributed by atoms with van der Waals surface area (Å²) in [6.07, 6.45) is 1.71. The first-order chi connectivity index (χ1) is 8.11. The van der Waals surface area contributed by atoms with Crippen LogP contribution in [0.25, 0.3) is 0 Å². The monoisotopic (exact) mass is 254 g/mol. The van der Waals surface area contributed by atoms with Crippen LogP contribution in [0.5, 0.6) is 0 Å². The van der Waals surface area contributed by atoms with Gasteiger partial charge in [0, 0.05) is 22.7 Å². The average molecular weight is 254 g/mol. The lowest BCUT2D eigenvalue weighted by Gasteiger charge is -2.15. The molecule has 1 N–H and O–H groups in total. The van der Waals surface area contributed by atoms with Crippen molar-refractivity contribution in [1.82, 2.24) is 10.3 Å². The lowest BCUT2D eigenvalue weighted by molar-refractivity contribution is 0.553. The van der Waals surface area contributed by atoms with E-state index in [1.165, 1.54) is 23.5 Å². The van der Waals surface area contributed by atoms with Crippen LogP contribution in [0.3, 0.4) is 0 Å². The molecular weight excluding hydrogens is 242 g/mol. The van der Waals surface area contributed by atoms with Crippen molar-refractivity contribution in [1.29, 1.82) is 0 Å². The summed E-state index contributed by atoms with van der Waals surface area (Å²) in [4.78, 5) is 5.05. The molecule has 0 spiro atoms. The molecule has 0 aliphatic heterocycles. The van der Waals surface area contributed by atoms with Crippen LogP contribution in [0.15, 0.2) is 24.4 Å². The number of hydrogen-bond acceptors (Lipinski definition) is 3. The SMILES string of the molecule is CNC(c1cnc(C)s1)c1ccc(F)cc1F. The molecule has 1 heterocycles. The minimum absolute atomic E-state index is 0.290. The molecule has 0 saturated carbocycles. The predicted octanol–water partition coefficient (Wildman–Crippen LogP) is 3.04. The molecule has 0 saturated heterocycles. The van der Waals surface area contributed by atoms with E-state index in [9.17, 15) is 8.78 Å².